The number of hydrogen-bond acceptors (Lipinski definition) is 5. The molecule has 19 heavy (non-hydrogen) atoms. The van der Waals surface area contributed by atoms with Gasteiger partial charge in [-0.1, -0.05) is 25.5 Å². The Hall–Kier alpha value is -0.460. The smallest absolute Gasteiger partial charge is 0.0897 e. The molecule has 5 nitrogen and oxygen atoms in total. The first kappa shape index (κ1) is 18.5. The predicted molar refractivity (Wildman–Crippen MR) is 75.9 cm³/mol. The van der Waals surface area contributed by atoms with E-state index in [2.05, 4.69) is 19.1 Å². The van der Waals surface area contributed by atoms with Gasteiger partial charge in [-0.05, 0) is 25.8 Å². The van der Waals surface area contributed by atoms with Crippen molar-refractivity contribution in [3.63, 3.8) is 0 Å². The van der Waals surface area contributed by atoms with Gasteiger partial charge in [0, 0.05) is 13.1 Å². The first-order valence-corrected chi connectivity index (χ1v) is 7.09. The van der Waals surface area contributed by atoms with E-state index >= 15 is 0 Å². The Morgan fingerprint density at radius 3 is 1.95 bits per heavy atom. The molecule has 0 aliphatic heterocycles. The summed E-state index contributed by atoms with van der Waals surface area (Å²) in [5.74, 6) is 0. The van der Waals surface area contributed by atoms with Crippen LogP contribution in [0.15, 0.2) is 12.2 Å². The van der Waals surface area contributed by atoms with Gasteiger partial charge in [0.15, 0.2) is 0 Å². The lowest BCUT2D eigenvalue weighted by Gasteiger charge is -2.25. The van der Waals surface area contributed by atoms with Crippen molar-refractivity contribution in [2.75, 3.05) is 32.8 Å². The normalized spacial score (nSPS) is 15.3. The van der Waals surface area contributed by atoms with Crippen LogP contribution in [0.1, 0.15) is 32.6 Å². The van der Waals surface area contributed by atoms with E-state index in [9.17, 15) is 10.2 Å². The molecule has 2 unspecified atom stereocenters. The Morgan fingerprint density at radius 2 is 1.47 bits per heavy atom. The van der Waals surface area contributed by atoms with Gasteiger partial charge in [0.25, 0.3) is 0 Å². The molecular weight excluding hydrogens is 246 g/mol. The summed E-state index contributed by atoms with van der Waals surface area (Å²) in [7, 11) is 0. The van der Waals surface area contributed by atoms with Crippen molar-refractivity contribution in [2.45, 2.75) is 44.8 Å². The van der Waals surface area contributed by atoms with Gasteiger partial charge in [0.1, 0.15) is 0 Å². The number of rotatable bonds is 12. The molecule has 0 aliphatic carbocycles. The standard InChI is InChI=1S/C14H29NO4/c1-2-3-4-5-6-7-8-15(9-13(18)11-16)10-14(19)12-17/h4-5,13-14,16-19H,2-3,6-12H2,1H3/b5-4+. The van der Waals surface area contributed by atoms with Crippen molar-refractivity contribution in [2.24, 2.45) is 0 Å². The number of unbranched alkanes of at least 4 members (excludes halogenated alkanes) is 2. The van der Waals surface area contributed by atoms with Gasteiger partial charge >= 0.3 is 0 Å². The van der Waals surface area contributed by atoms with Gasteiger partial charge in [0.05, 0.1) is 25.4 Å². The first-order valence-electron chi connectivity index (χ1n) is 7.09. The molecule has 0 saturated heterocycles. The van der Waals surface area contributed by atoms with Crippen LogP contribution in [0.4, 0.5) is 0 Å². The number of aliphatic hydroxyl groups excluding tert-OH is 4. The molecule has 0 radical (unpaired) electrons. The second kappa shape index (κ2) is 12.6. The summed E-state index contributed by atoms with van der Waals surface area (Å²) in [6.45, 7) is 2.91. The molecule has 2 atom stereocenters. The molecule has 0 heterocycles. The Labute approximate surface area is 116 Å². The fourth-order valence-electron chi connectivity index (χ4n) is 1.80. The maximum absolute atomic E-state index is 9.44. The van der Waals surface area contributed by atoms with E-state index in [0.29, 0.717) is 13.1 Å². The van der Waals surface area contributed by atoms with Crippen molar-refractivity contribution < 1.29 is 20.4 Å². The summed E-state index contributed by atoms with van der Waals surface area (Å²) in [6, 6.07) is 0. The van der Waals surface area contributed by atoms with Gasteiger partial charge in [-0.2, -0.15) is 0 Å². The predicted octanol–water partition coefficient (Wildman–Crippen LogP) is 0.131. The molecule has 0 aromatic heterocycles. The van der Waals surface area contributed by atoms with Crippen LogP contribution in [0.3, 0.4) is 0 Å². The molecule has 0 aromatic rings. The van der Waals surface area contributed by atoms with Crippen molar-refractivity contribution in [1.82, 2.24) is 4.90 Å². The van der Waals surface area contributed by atoms with Crippen molar-refractivity contribution in [1.29, 1.82) is 0 Å². The van der Waals surface area contributed by atoms with Crippen molar-refractivity contribution in [3.05, 3.63) is 12.2 Å². The Kier molecular flexibility index (Phi) is 12.3. The minimum atomic E-state index is -0.804. The highest BCUT2D eigenvalue weighted by Crippen LogP contribution is 2.01. The third kappa shape index (κ3) is 11.1. The molecule has 114 valence electrons. The molecule has 0 saturated carbocycles. The van der Waals surface area contributed by atoms with Crippen molar-refractivity contribution >= 4 is 0 Å². The van der Waals surface area contributed by atoms with E-state index in [0.717, 1.165) is 32.2 Å². The Morgan fingerprint density at radius 1 is 0.947 bits per heavy atom. The van der Waals surface area contributed by atoms with Crippen LogP contribution in [-0.4, -0.2) is 70.4 Å². The quantitative estimate of drug-likeness (QED) is 0.301. The third-order valence-corrected chi connectivity index (χ3v) is 2.83. The lowest BCUT2D eigenvalue weighted by molar-refractivity contribution is 0.0231. The van der Waals surface area contributed by atoms with Crippen molar-refractivity contribution in [3.8, 4) is 0 Å². The van der Waals surface area contributed by atoms with Gasteiger partial charge in [-0.3, -0.25) is 4.90 Å². The van der Waals surface area contributed by atoms with E-state index < -0.39 is 12.2 Å². The van der Waals surface area contributed by atoms with Crippen LogP contribution in [0.2, 0.25) is 0 Å². The van der Waals surface area contributed by atoms with Gasteiger partial charge in [-0.15, -0.1) is 0 Å². The molecule has 0 rings (SSSR count). The van der Waals surface area contributed by atoms with Crippen LogP contribution in [0, 0.1) is 0 Å². The fourth-order valence-corrected chi connectivity index (χ4v) is 1.80. The second-order valence-electron chi connectivity index (χ2n) is 4.83. The van der Waals surface area contributed by atoms with Crippen LogP contribution < -0.4 is 0 Å². The molecule has 4 N–H and O–H groups in total. The number of allylic oxidation sites excluding steroid dienone is 2. The highest BCUT2D eigenvalue weighted by atomic mass is 16.3. The SMILES string of the molecule is CCC/C=C/CCCN(CC(O)CO)CC(O)CO. The monoisotopic (exact) mass is 275 g/mol. The van der Waals surface area contributed by atoms with E-state index in [4.69, 9.17) is 10.2 Å². The third-order valence-electron chi connectivity index (χ3n) is 2.83. The Balaban J connectivity index is 3.96. The number of hydrogen-bond donors (Lipinski definition) is 4. The molecule has 0 fully saturated rings. The summed E-state index contributed by atoms with van der Waals surface area (Å²) in [5.41, 5.74) is 0. The van der Waals surface area contributed by atoms with Crippen LogP contribution in [0.5, 0.6) is 0 Å². The van der Waals surface area contributed by atoms with E-state index in [1.165, 1.54) is 0 Å². The highest BCUT2D eigenvalue weighted by molar-refractivity contribution is 4.81. The van der Waals surface area contributed by atoms with Gasteiger partial charge in [-0.25, -0.2) is 0 Å². The highest BCUT2D eigenvalue weighted by Gasteiger charge is 2.14. The zero-order chi connectivity index (χ0) is 14.5. The average molecular weight is 275 g/mol. The van der Waals surface area contributed by atoms with Crippen LogP contribution >= 0.6 is 0 Å². The topological polar surface area (TPSA) is 84.2 Å². The zero-order valence-corrected chi connectivity index (χ0v) is 11.9. The summed E-state index contributed by atoms with van der Waals surface area (Å²) in [5, 5.41) is 36.6. The number of nitrogens with zero attached hydrogens (tertiary/aromatic N) is 1. The maximum atomic E-state index is 9.44. The molecule has 5 heteroatoms. The molecule has 0 amide bonds. The second-order valence-corrected chi connectivity index (χ2v) is 4.83. The summed E-state index contributed by atoms with van der Waals surface area (Å²) >= 11 is 0. The molecule has 0 aliphatic rings. The molecule has 0 spiro atoms. The van der Waals surface area contributed by atoms with Gasteiger partial charge < -0.3 is 20.4 Å². The first-order chi connectivity index (χ1) is 9.13. The number of aliphatic hydroxyl groups is 4. The van der Waals surface area contributed by atoms with Crippen LogP contribution in [0.25, 0.3) is 0 Å². The molecular formula is C14H29NO4. The summed E-state index contributed by atoms with van der Waals surface area (Å²) in [4.78, 5) is 1.87. The maximum Gasteiger partial charge on any atom is 0.0897 e. The van der Waals surface area contributed by atoms with Gasteiger partial charge in [0.2, 0.25) is 0 Å². The zero-order valence-electron chi connectivity index (χ0n) is 11.9. The largest absolute Gasteiger partial charge is 0.394 e. The van der Waals surface area contributed by atoms with E-state index in [1.807, 2.05) is 4.90 Å². The lowest BCUT2D eigenvalue weighted by Crippen LogP contribution is -2.40. The Bertz CT molecular complexity index is 211. The molecule has 0 bridgehead atoms. The average Bonchev–Trinajstić information content (AvgIpc) is 2.41. The minimum Gasteiger partial charge on any atom is -0.394 e. The summed E-state index contributed by atoms with van der Waals surface area (Å²) in [6.07, 6.45) is 6.83. The fraction of sp³-hybridized carbons (Fsp3) is 0.857. The molecule has 0 aromatic carbocycles. The van der Waals surface area contributed by atoms with E-state index in [1.54, 1.807) is 0 Å². The van der Waals surface area contributed by atoms with Crippen LogP contribution in [-0.2, 0) is 0 Å². The lowest BCUT2D eigenvalue weighted by atomic mass is 10.2. The van der Waals surface area contributed by atoms with E-state index in [-0.39, 0.29) is 13.2 Å². The minimum absolute atomic E-state index is 0.290. The summed E-state index contributed by atoms with van der Waals surface area (Å²) < 4.78 is 0.